The van der Waals surface area contributed by atoms with E-state index in [0.29, 0.717) is 0 Å². The number of rotatable bonds is 4. The van der Waals surface area contributed by atoms with Crippen LogP contribution in [0.3, 0.4) is 0 Å². The fourth-order valence-corrected chi connectivity index (χ4v) is 2.89. The summed E-state index contributed by atoms with van der Waals surface area (Å²) < 4.78 is 0. The molecule has 3 heteroatoms. The highest BCUT2D eigenvalue weighted by molar-refractivity contribution is 5.65. The van der Waals surface area contributed by atoms with E-state index in [1.807, 2.05) is 25.4 Å². The number of aldehydes is 1. The van der Waals surface area contributed by atoms with Crippen molar-refractivity contribution < 1.29 is 4.79 Å². The zero-order chi connectivity index (χ0) is 13.7. The molecule has 0 aliphatic heterocycles. The largest absolute Gasteiger partial charge is 0.391 e. The van der Waals surface area contributed by atoms with Gasteiger partial charge in [0.05, 0.1) is 5.69 Å². The number of nitrogens with one attached hydrogen (secondary N) is 1. The fourth-order valence-electron chi connectivity index (χ4n) is 2.89. The maximum absolute atomic E-state index is 10.4. The van der Waals surface area contributed by atoms with Crippen molar-refractivity contribution >= 4 is 6.29 Å². The second kappa shape index (κ2) is 5.83. The van der Waals surface area contributed by atoms with Gasteiger partial charge < -0.3 is 5.32 Å². The molecule has 0 saturated carbocycles. The van der Waals surface area contributed by atoms with Crippen molar-refractivity contribution in [3.8, 4) is 0 Å². The van der Waals surface area contributed by atoms with Crippen LogP contribution in [0.25, 0.3) is 0 Å². The molecule has 1 heterocycles. The standard InChI is InChI=1S/C16H20N2O/c1-16(14(17-2)9-3-4-12-19)10-5-7-13-8-6-11-18-15(13)16/h3-4,6,8-9,11-12,17H,5,7,10H2,1-2H3/b4-3-,14-9-. The minimum absolute atomic E-state index is 0.100. The molecule has 0 aromatic carbocycles. The smallest absolute Gasteiger partial charge is 0.142 e. The van der Waals surface area contributed by atoms with Gasteiger partial charge in [0.15, 0.2) is 0 Å². The Morgan fingerprint density at radius 1 is 1.47 bits per heavy atom. The Labute approximate surface area is 114 Å². The lowest BCUT2D eigenvalue weighted by Gasteiger charge is -2.36. The van der Waals surface area contributed by atoms with E-state index in [1.54, 1.807) is 6.08 Å². The Balaban J connectivity index is 2.44. The van der Waals surface area contributed by atoms with E-state index in [9.17, 15) is 4.79 Å². The zero-order valence-electron chi connectivity index (χ0n) is 11.5. The summed E-state index contributed by atoms with van der Waals surface area (Å²) in [5.74, 6) is 0. The van der Waals surface area contributed by atoms with Gasteiger partial charge in [-0.15, -0.1) is 0 Å². The molecular weight excluding hydrogens is 236 g/mol. The quantitative estimate of drug-likeness (QED) is 0.511. The van der Waals surface area contributed by atoms with E-state index < -0.39 is 0 Å². The molecule has 1 aliphatic rings. The van der Waals surface area contributed by atoms with Gasteiger partial charge in [-0.2, -0.15) is 0 Å². The van der Waals surface area contributed by atoms with Gasteiger partial charge >= 0.3 is 0 Å². The molecule has 0 fully saturated rings. The number of hydrogen-bond acceptors (Lipinski definition) is 3. The predicted molar refractivity (Wildman–Crippen MR) is 76.9 cm³/mol. The van der Waals surface area contributed by atoms with Crippen LogP contribution in [0.1, 0.15) is 31.0 Å². The number of likely N-dealkylation sites (N-methyl/N-ethyl adjacent to an activating group) is 1. The SMILES string of the molecule is CN/C(=C\C=C/C=O)C1(C)CCCc2cccnc21. The number of carbonyl (C=O) groups is 1. The van der Waals surface area contributed by atoms with Crippen LogP contribution in [0.15, 0.2) is 42.3 Å². The van der Waals surface area contributed by atoms with Crippen LogP contribution in [0.4, 0.5) is 0 Å². The molecule has 0 bridgehead atoms. The van der Waals surface area contributed by atoms with Crippen LogP contribution in [0.2, 0.25) is 0 Å². The van der Waals surface area contributed by atoms with Gasteiger partial charge in [0.2, 0.25) is 0 Å². The highest BCUT2D eigenvalue weighted by atomic mass is 16.1. The normalized spacial score (nSPS) is 23.2. The maximum Gasteiger partial charge on any atom is 0.142 e. The monoisotopic (exact) mass is 256 g/mol. The summed E-state index contributed by atoms with van der Waals surface area (Å²) in [5.41, 5.74) is 3.49. The van der Waals surface area contributed by atoms with Gasteiger partial charge in [-0.3, -0.25) is 9.78 Å². The summed E-state index contributed by atoms with van der Waals surface area (Å²) in [4.78, 5) is 15.0. The molecule has 1 aromatic rings. The van der Waals surface area contributed by atoms with E-state index in [1.165, 1.54) is 11.6 Å². The third-order valence-corrected chi connectivity index (χ3v) is 3.85. The second-order valence-electron chi connectivity index (χ2n) is 5.05. The third-order valence-electron chi connectivity index (χ3n) is 3.85. The van der Waals surface area contributed by atoms with E-state index in [-0.39, 0.29) is 5.41 Å². The van der Waals surface area contributed by atoms with Crippen molar-refractivity contribution in [2.75, 3.05) is 7.05 Å². The average Bonchev–Trinajstić information content (AvgIpc) is 2.44. The third kappa shape index (κ3) is 2.60. The van der Waals surface area contributed by atoms with Gasteiger partial charge in [0, 0.05) is 24.4 Å². The van der Waals surface area contributed by atoms with Gasteiger partial charge in [-0.1, -0.05) is 12.1 Å². The van der Waals surface area contributed by atoms with Gasteiger partial charge in [-0.25, -0.2) is 0 Å². The summed E-state index contributed by atoms with van der Waals surface area (Å²) in [6, 6.07) is 4.16. The number of aromatic nitrogens is 1. The average molecular weight is 256 g/mol. The first-order valence-electron chi connectivity index (χ1n) is 6.67. The molecule has 0 spiro atoms. The first kappa shape index (κ1) is 13.5. The number of allylic oxidation sites excluding steroid dienone is 4. The van der Waals surface area contributed by atoms with Crippen LogP contribution in [0.5, 0.6) is 0 Å². The molecule has 3 nitrogen and oxygen atoms in total. The molecule has 2 rings (SSSR count). The Bertz CT molecular complexity index is 519. The lowest BCUT2D eigenvalue weighted by Crippen LogP contribution is -2.36. The van der Waals surface area contributed by atoms with Crippen LogP contribution in [-0.2, 0) is 16.6 Å². The molecule has 0 saturated heterocycles. The highest BCUT2D eigenvalue weighted by Gasteiger charge is 2.36. The highest BCUT2D eigenvalue weighted by Crippen LogP contribution is 2.40. The molecular formula is C16H20N2O. The lowest BCUT2D eigenvalue weighted by atomic mass is 9.72. The molecule has 1 aliphatic carbocycles. The molecule has 1 unspecified atom stereocenters. The molecule has 1 aromatic heterocycles. The first-order valence-corrected chi connectivity index (χ1v) is 6.67. The van der Waals surface area contributed by atoms with E-state index in [2.05, 4.69) is 23.3 Å². The number of hydrogen-bond donors (Lipinski definition) is 1. The molecule has 1 N–H and O–H groups in total. The Kier molecular flexibility index (Phi) is 4.15. The van der Waals surface area contributed by atoms with E-state index >= 15 is 0 Å². The first-order chi connectivity index (χ1) is 9.22. The van der Waals surface area contributed by atoms with Gasteiger partial charge in [-0.05, 0) is 50.0 Å². The van der Waals surface area contributed by atoms with Crippen molar-refractivity contribution in [2.24, 2.45) is 0 Å². The van der Waals surface area contributed by atoms with Crippen molar-refractivity contribution in [2.45, 2.75) is 31.6 Å². The van der Waals surface area contributed by atoms with Crippen molar-refractivity contribution in [3.05, 3.63) is 53.5 Å². The molecule has 19 heavy (non-hydrogen) atoms. The Hall–Kier alpha value is -1.90. The predicted octanol–water partition coefficient (Wildman–Crippen LogP) is 2.53. The summed E-state index contributed by atoms with van der Waals surface area (Å²) in [6.07, 6.45) is 11.2. The molecule has 1 atom stereocenters. The summed E-state index contributed by atoms with van der Waals surface area (Å²) >= 11 is 0. The summed E-state index contributed by atoms with van der Waals surface area (Å²) in [5, 5.41) is 3.27. The minimum Gasteiger partial charge on any atom is -0.391 e. The van der Waals surface area contributed by atoms with Crippen LogP contribution >= 0.6 is 0 Å². The molecule has 0 amide bonds. The van der Waals surface area contributed by atoms with E-state index in [4.69, 9.17) is 0 Å². The number of nitrogens with zero attached hydrogens (tertiary/aromatic N) is 1. The summed E-state index contributed by atoms with van der Waals surface area (Å²) in [7, 11) is 1.92. The number of carbonyl (C=O) groups excluding carboxylic acids is 1. The number of fused-ring (bicyclic) bond motifs is 1. The van der Waals surface area contributed by atoms with E-state index in [0.717, 1.165) is 36.9 Å². The molecule has 0 radical (unpaired) electrons. The number of aryl methyl sites for hydroxylation is 1. The Morgan fingerprint density at radius 3 is 3.05 bits per heavy atom. The fraction of sp³-hybridized carbons (Fsp3) is 0.375. The zero-order valence-corrected chi connectivity index (χ0v) is 11.5. The number of pyridine rings is 1. The van der Waals surface area contributed by atoms with Crippen molar-refractivity contribution in [1.29, 1.82) is 0 Å². The van der Waals surface area contributed by atoms with Gasteiger partial charge in [0.1, 0.15) is 6.29 Å². The lowest BCUT2D eigenvalue weighted by molar-refractivity contribution is -0.104. The van der Waals surface area contributed by atoms with Crippen molar-refractivity contribution in [3.63, 3.8) is 0 Å². The maximum atomic E-state index is 10.4. The van der Waals surface area contributed by atoms with Gasteiger partial charge in [0.25, 0.3) is 0 Å². The topological polar surface area (TPSA) is 42.0 Å². The van der Waals surface area contributed by atoms with Crippen LogP contribution in [0, 0.1) is 0 Å². The van der Waals surface area contributed by atoms with Crippen LogP contribution < -0.4 is 5.32 Å². The van der Waals surface area contributed by atoms with Crippen molar-refractivity contribution in [1.82, 2.24) is 10.3 Å². The summed E-state index contributed by atoms with van der Waals surface area (Å²) in [6.45, 7) is 2.22. The Morgan fingerprint density at radius 2 is 2.32 bits per heavy atom. The molecule has 100 valence electrons. The van der Waals surface area contributed by atoms with Crippen LogP contribution in [-0.4, -0.2) is 18.3 Å². The second-order valence-corrected chi connectivity index (χ2v) is 5.05. The minimum atomic E-state index is -0.100.